The molecule has 4 atom stereocenters. The zero-order valence-electron chi connectivity index (χ0n) is 25.1. The first kappa shape index (κ1) is 31.2. The van der Waals surface area contributed by atoms with Crippen LogP contribution in [0.4, 0.5) is 0 Å². The topological polar surface area (TPSA) is 95.9 Å². The van der Waals surface area contributed by atoms with Gasteiger partial charge < -0.3 is 20.1 Å². The number of amides is 2. The summed E-state index contributed by atoms with van der Waals surface area (Å²) >= 11 is 0. The van der Waals surface area contributed by atoms with Gasteiger partial charge in [0.15, 0.2) is 0 Å². The first-order valence-corrected chi connectivity index (χ1v) is 15.7. The molecule has 0 unspecified atom stereocenters. The lowest BCUT2D eigenvalue weighted by atomic mass is 9.92. The van der Waals surface area contributed by atoms with Crippen molar-refractivity contribution in [2.24, 2.45) is 11.8 Å². The molecule has 0 aliphatic carbocycles. The molecule has 44 heavy (non-hydrogen) atoms. The summed E-state index contributed by atoms with van der Waals surface area (Å²) in [6, 6.07) is 26.5. The van der Waals surface area contributed by atoms with Crippen LogP contribution in [0.2, 0.25) is 0 Å². The standard InChI is InChI=1S/C37H42N2O5/c40-25-33-22-29-17-11-12-20-32(29)24-39(33)35(41)23-30-18-7-1-2-8-19-31(21-27-13-5-3-6-14-27)37(43)44-26-34(38-36(30)42)28-15-9-4-10-16-28/h1,3-7,9-17,20,30-31,33-34,40H,2,8,18-19,21-26H2,(H,38,42)/t30-,31-,33+,34+/m1/s1. The maximum absolute atomic E-state index is 13.8. The second-order valence-electron chi connectivity index (χ2n) is 11.9. The highest BCUT2D eigenvalue weighted by Gasteiger charge is 2.33. The third-order valence-electron chi connectivity index (χ3n) is 8.76. The van der Waals surface area contributed by atoms with Crippen molar-refractivity contribution in [3.8, 4) is 0 Å². The highest BCUT2D eigenvalue weighted by Crippen LogP contribution is 2.26. The van der Waals surface area contributed by atoms with Gasteiger partial charge in [0.2, 0.25) is 11.8 Å². The van der Waals surface area contributed by atoms with E-state index in [1.54, 1.807) is 4.90 Å². The van der Waals surface area contributed by atoms with Crippen LogP contribution in [0.3, 0.4) is 0 Å². The highest BCUT2D eigenvalue weighted by atomic mass is 16.5. The molecule has 0 aromatic heterocycles. The lowest BCUT2D eigenvalue weighted by Crippen LogP contribution is -2.47. The number of benzene rings is 3. The van der Waals surface area contributed by atoms with Crippen LogP contribution < -0.4 is 5.32 Å². The van der Waals surface area contributed by atoms with Crippen molar-refractivity contribution in [1.82, 2.24) is 10.2 Å². The van der Waals surface area contributed by atoms with E-state index in [1.165, 1.54) is 0 Å². The Labute approximate surface area is 259 Å². The van der Waals surface area contributed by atoms with Gasteiger partial charge in [0, 0.05) is 13.0 Å². The molecule has 5 rings (SSSR count). The largest absolute Gasteiger partial charge is 0.463 e. The average molecular weight is 595 g/mol. The molecule has 2 N–H and O–H groups in total. The zero-order valence-corrected chi connectivity index (χ0v) is 25.1. The third-order valence-corrected chi connectivity index (χ3v) is 8.76. The van der Waals surface area contributed by atoms with Crippen LogP contribution >= 0.6 is 0 Å². The summed E-state index contributed by atoms with van der Waals surface area (Å²) < 4.78 is 5.89. The molecule has 2 heterocycles. The maximum atomic E-state index is 13.8. The van der Waals surface area contributed by atoms with Crippen molar-refractivity contribution >= 4 is 17.8 Å². The molecular weight excluding hydrogens is 552 g/mol. The fourth-order valence-electron chi connectivity index (χ4n) is 6.20. The number of aliphatic hydroxyl groups is 1. The van der Waals surface area contributed by atoms with Gasteiger partial charge in [-0.25, -0.2) is 0 Å². The van der Waals surface area contributed by atoms with E-state index in [-0.39, 0.29) is 49.4 Å². The Morgan fingerprint density at radius 2 is 1.59 bits per heavy atom. The van der Waals surface area contributed by atoms with Gasteiger partial charge in [-0.05, 0) is 60.8 Å². The molecule has 0 saturated heterocycles. The number of allylic oxidation sites excluding steroid dienone is 2. The van der Waals surface area contributed by atoms with Crippen LogP contribution in [0.1, 0.15) is 60.4 Å². The summed E-state index contributed by atoms with van der Waals surface area (Å²) in [7, 11) is 0. The first-order chi connectivity index (χ1) is 21.5. The van der Waals surface area contributed by atoms with Crippen LogP contribution in [0.15, 0.2) is 97.1 Å². The molecule has 3 aromatic carbocycles. The van der Waals surface area contributed by atoms with E-state index in [0.29, 0.717) is 32.2 Å². The molecular formula is C37H42N2O5. The predicted octanol–water partition coefficient (Wildman–Crippen LogP) is 5.33. The van der Waals surface area contributed by atoms with Crippen molar-refractivity contribution in [1.29, 1.82) is 0 Å². The molecule has 0 radical (unpaired) electrons. The number of ether oxygens (including phenoxy) is 1. The monoisotopic (exact) mass is 594 g/mol. The van der Waals surface area contributed by atoms with E-state index in [1.807, 2.05) is 97.1 Å². The van der Waals surface area contributed by atoms with E-state index < -0.39 is 12.0 Å². The smallest absolute Gasteiger partial charge is 0.309 e. The molecule has 7 nitrogen and oxygen atoms in total. The van der Waals surface area contributed by atoms with Gasteiger partial charge in [0.05, 0.1) is 30.5 Å². The minimum Gasteiger partial charge on any atom is -0.463 e. The average Bonchev–Trinajstić information content (AvgIpc) is 3.06. The lowest BCUT2D eigenvalue weighted by molar-refractivity contribution is -0.150. The van der Waals surface area contributed by atoms with E-state index in [4.69, 9.17) is 4.74 Å². The summed E-state index contributed by atoms with van der Waals surface area (Å²) in [6.07, 6.45) is 7.93. The van der Waals surface area contributed by atoms with Gasteiger partial charge >= 0.3 is 5.97 Å². The van der Waals surface area contributed by atoms with Gasteiger partial charge in [0.1, 0.15) is 6.61 Å². The number of cyclic esters (lactones) is 1. The second-order valence-corrected chi connectivity index (χ2v) is 11.9. The first-order valence-electron chi connectivity index (χ1n) is 15.7. The SMILES string of the molecule is O=C1N[C@H](c2ccccc2)COC(=O)[C@@H](Cc2ccccc2)CCCC=CC[C@@H]1CC(=O)N1Cc2ccccc2C[C@H]1CO. The Kier molecular flexibility index (Phi) is 11.0. The van der Waals surface area contributed by atoms with Crippen molar-refractivity contribution in [2.75, 3.05) is 13.2 Å². The molecule has 2 aliphatic rings. The maximum Gasteiger partial charge on any atom is 0.309 e. The normalized spacial score (nSPS) is 23.2. The molecule has 230 valence electrons. The molecule has 0 spiro atoms. The van der Waals surface area contributed by atoms with E-state index in [0.717, 1.165) is 35.1 Å². The Morgan fingerprint density at radius 1 is 0.886 bits per heavy atom. The van der Waals surface area contributed by atoms with Crippen LogP contribution in [0, 0.1) is 11.8 Å². The molecule has 0 saturated carbocycles. The quantitative estimate of drug-likeness (QED) is 0.297. The molecule has 0 fully saturated rings. The van der Waals surface area contributed by atoms with E-state index in [9.17, 15) is 19.5 Å². The molecule has 0 bridgehead atoms. The number of fused-ring (bicyclic) bond motifs is 1. The Balaban J connectivity index is 1.34. The number of aliphatic hydroxyl groups excluding tert-OH is 1. The van der Waals surface area contributed by atoms with Crippen LogP contribution in [0.5, 0.6) is 0 Å². The summed E-state index contributed by atoms with van der Waals surface area (Å²) in [5, 5.41) is 13.2. The molecule has 7 heteroatoms. The van der Waals surface area contributed by atoms with E-state index in [2.05, 4.69) is 5.32 Å². The minimum atomic E-state index is -0.606. The fraction of sp³-hybridized carbons (Fsp3) is 0.378. The molecule has 2 amide bonds. The third kappa shape index (κ3) is 8.23. The number of nitrogens with zero attached hydrogens (tertiary/aromatic N) is 1. The molecule has 2 aliphatic heterocycles. The molecule has 3 aromatic rings. The van der Waals surface area contributed by atoms with Gasteiger partial charge in [-0.1, -0.05) is 97.1 Å². The van der Waals surface area contributed by atoms with Crippen molar-refractivity contribution in [2.45, 2.75) is 63.6 Å². The number of hydrogen-bond donors (Lipinski definition) is 2. The number of carbonyl (C=O) groups excluding carboxylic acids is 3. The fourth-order valence-corrected chi connectivity index (χ4v) is 6.20. The van der Waals surface area contributed by atoms with Crippen molar-refractivity contribution in [3.05, 3.63) is 119 Å². The second kappa shape index (κ2) is 15.5. The number of rotatable bonds is 6. The van der Waals surface area contributed by atoms with Crippen molar-refractivity contribution < 1.29 is 24.2 Å². The van der Waals surface area contributed by atoms with E-state index >= 15 is 0 Å². The Bertz CT molecular complexity index is 1420. The number of esters is 1. The van der Waals surface area contributed by atoms with Crippen LogP contribution in [0.25, 0.3) is 0 Å². The summed E-state index contributed by atoms with van der Waals surface area (Å²) in [4.78, 5) is 42.6. The van der Waals surface area contributed by atoms with Gasteiger partial charge in [-0.2, -0.15) is 0 Å². The summed E-state index contributed by atoms with van der Waals surface area (Å²) in [5.74, 6) is -1.56. The Hall–Kier alpha value is -4.23. The van der Waals surface area contributed by atoms with Gasteiger partial charge in [-0.3, -0.25) is 14.4 Å². The predicted molar refractivity (Wildman–Crippen MR) is 169 cm³/mol. The van der Waals surface area contributed by atoms with Crippen molar-refractivity contribution in [3.63, 3.8) is 0 Å². The lowest BCUT2D eigenvalue weighted by Gasteiger charge is -2.36. The number of hydrogen-bond acceptors (Lipinski definition) is 5. The summed E-state index contributed by atoms with van der Waals surface area (Å²) in [5.41, 5.74) is 4.12. The highest BCUT2D eigenvalue weighted by molar-refractivity contribution is 5.86. The van der Waals surface area contributed by atoms with Crippen LogP contribution in [-0.4, -0.2) is 47.0 Å². The van der Waals surface area contributed by atoms with Gasteiger partial charge in [-0.15, -0.1) is 0 Å². The summed E-state index contributed by atoms with van der Waals surface area (Å²) in [6.45, 7) is 0.284. The minimum absolute atomic E-state index is 0.00583. The Morgan fingerprint density at radius 3 is 2.34 bits per heavy atom. The zero-order chi connectivity index (χ0) is 30.7. The number of carbonyl (C=O) groups is 3. The van der Waals surface area contributed by atoms with Gasteiger partial charge in [0.25, 0.3) is 0 Å². The number of nitrogens with one attached hydrogen (secondary N) is 1. The van der Waals surface area contributed by atoms with Crippen LogP contribution in [-0.2, 0) is 38.5 Å².